The Morgan fingerprint density at radius 2 is 1.85 bits per heavy atom. The molecule has 0 aliphatic carbocycles. The second-order valence-corrected chi connectivity index (χ2v) is 12.5. The Hall–Kier alpha value is -2.87. The minimum absolute atomic E-state index is 0.0854. The second kappa shape index (κ2) is 11.9. The van der Waals surface area contributed by atoms with E-state index in [1.807, 2.05) is 64.1 Å². The topological polar surface area (TPSA) is 84.9 Å². The number of hydrogen-bond donors (Lipinski definition) is 1. The molecule has 4 atom stereocenters. The van der Waals surface area contributed by atoms with Gasteiger partial charge in [0.25, 0.3) is 0 Å². The highest BCUT2D eigenvalue weighted by molar-refractivity contribution is 6.35. The predicted molar refractivity (Wildman–Crippen MR) is 154 cm³/mol. The van der Waals surface area contributed by atoms with Crippen LogP contribution in [0.2, 0.25) is 10.0 Å². The lowest BCUT2D eigenvalue weighted by Crippen LogP contribution is -2.61. The lowest BCUT2D eigenvalue weighted by Gasteiger charge is -2.53. The summed E-state index contributed by atoms with van der Waals surface area (Å²) in [6, 6.07) is 14.6. The highest BCUT2D eigenvalue weighted by Crippen LogP contribution is 2.52. The van der Waals surface area contributed by atoms with E-state index >= 15 is 0 Å². The van der Waals surface area contributed by atoms with Crippen molar-refractivity contribution >= 4 is 41.0 Å². The van der Waals surface area contributed by atoms with Gasteiger partial charge in [-0.25, -0.2) is 0 Å². The molecule has 9 heteroatoms. The molecule has 7 nitrogen and oxygen atoms in total. The van der Waals surface area contributed by atoms with Gasteiger partial charge in [0.2, 0.25) is 11.8 Å². The zero-order chi connectivity index (χ0) is 29.2. The zero-order valence-electron chi connectivity index (χ0n) is 23.5. The molecule has 0 spiro atoms. The molecule has 2 heterocycles. The normalized spacial score (nSPS) is 24.7. The number of likely N-dealkylation sites (tertiary alicyclic amines) is 1. The number of fused-ring (bicyclic) bond motifs is 1. The van der Waals surface area contributed by atoms with E-state index in [-0.39, 0.29) is 42.7 Å². The quantitative estimate of drug-likeness (QED) is 0.407. The fourth-order valence-corrected chi connectivity index (χ4v) is 5.99. The highest BCUT2D eigenvalue weighted by Gasteiger charge is 2.60. The van der Waals surface area contributed by atoms with E-state index in [4.69, 9.17) is 32.7 Å². The summed E-state index contributed by atoms with van der Waals surface area (Å²) in [6.45, 7) is 8.39. The molecule has 2 amide bonds. The molecule has 0 radical (unpaired) electrons. The van der Waals surface area contributed by atoms with Crippen molar-refractivity contribution < 1.29 is 23.9 Å². The SMILES string of the molecule is COC(=O)[C@]12C[C@H](CC(=O)NCc3ccccc3)C(=O)N(Cc3ccc(Cl)cc3Cl)C1=C[C@H](C(C)(C)C)O[C@@H]2C. The molecule has 214 valence electrons. The summed E-state index contributed by atoms with van der Waals surface area (Å²) in [6.07, 6.45) is 0.890. The van der Waals surface area contributed by atoms with Crippen molar-refractivity contribution in [3.05, 3.63) is 81.5 Å². The smallest absolute Gasteiger partial charge is 0.320 e. The van der Waals surface area contributed by atoms with Crippen LogP contribution >= 0.6 is 23.2 Å². The first-order valence-corrected chi connectivity index (χ1v) is 14.1. The van der Waals surface area contributed by atoms with Crippen LogP contribution in [0.4, 0.5) is 0 Å². The summed E-state index contributed by atoms with van der Waals surface area (Å²) >= 11 is 12.6. The van der Waals surface area contributed by atoms with E-state index in [1.165, 1.54) is 7.11 Å². The van der Waals surface area contributed by atoms with Gasteiger partial charge in [0.1, 0.15) is 5.41 Å². The minimum atomic E-state index is -1.28. The molecule has 40 heavy (non-hydrogen) atoms. The highest BCUT2D eigenvalue weighted by atomic mass is 35.5. The molecule has 2 aromatic carbocycles. The van der Waals surface area contributed by atoms with Crippen LogP contribution in [0.3, 0.4) is 0 Å². The van der Waals surface area contributed by atoms with Crippen LogP contribution in [-0.4, -0.2) is 42.0 Å². The molecule has 1 saturated heterocycles. The van der Waals surface area contributed by atoms with Crippen molar-refractivity contribution in [2.45, 2.75) is 65.8 Å². The number of nitrogens with one attached hydrogen (secondary N) is 1. The van der Waals surface area contributed by atoms with Crippen molar-refractivity contribution in [1.29, 1.82) is 0 Å². The molecule has 0 aromatic heterocycles. The first-order chi connectivity index (χ1) is 18.9. The maximum atomic E-state index is 14.1. The van der Waals surface area contributed by atoms with E-state index in [0.29, 0.717) is 27.9 Å². The number of methoxy groups -OCH3 is 1. The van der Waals surface area contributed by atoms with Crippen molar-refractivity contribution in [3.8, 4) is 0 Å². The second-order valence-electron chi connectivity index (χ2n) is 11.6. The number of benzene rings is 2. The largest absolute Gasteiger partial charge is 0.468 e. The van der Waals surface area contributed by atoms with Gasteiger partial charge < -0.3 is 19.7 Å². The predicted octanol–water partition coefficient (Wildman–Crippen LogP) is 5.93. The number of nitrogens with zero attached hydrogens (tertiary/aromatic N) is 1. The van der Waals surface area contributed by atoms with Crippen molar-refractivity contribution in [3.63, 3.8) is 0 Å². The number of carbonyl (C=O) groups excluding carboxylic acids is 3. The van der Waals surface area contributed by atoms with Gasteiger partial charge in [-0.3, -0.25) is 14.4 Å². The summed E-state index contributed by atoms with van der Waals surface area (Å²) in [4.78, 5) is 42.4. The number of rotatable bonds is 7. The molecule has 2 aliphatic rings. The van der Waals surface area contributed by atoms with Crippen molar-refractivity contribution in [2.75, 3.05) is 7.11 Å². The van der Waals surface area contributed by atoms with Gasteiger partial charge in [0.15, 0.2) is 0 Å². The first kappa shape index (κ1) is 30.1. The van der Waals surface area contributed by atoms with Crippen LogP contribution in [0.15, 0.2) is 60.3 Å². The standard InChI is InChI=1S/C31H36Cl2N2O5/c1-19-31(29(38)39-5)16-22(13-27(36)34-17-20-9-7-6-8-10-20)28(37)35(18-21-11-12-23(32)14-24(21)33)25(31)15-26(40-19)30(2,3)4/h6-12,14-15,19,22,26H,13,16-18H2,1-5H3,(H,34,36)/t19-,22+,26-,31+/m1/s1. The van der Waals surface area contributed by atoms with Gasteiger partial charge in [-0.1, -0.05) is 80.4 Å². The number of hydrogen-bond acceptors (Lipinski definition) is 5. The summed E-state index contributed by atoms with van der Waals surface area (Å²) in [5.74, 6) is -1.83. The summed E-state index contributed by atoms with van der Waals surface area (Å²) < 4.78 is 11.8. The van der Waals surface area contributed by atoms with Gasteiger partial charge >= 0.3 is 5.97 Å². The van der Waals surface area contributed by atoms with Crippen molar-refractivity contribution in [1.82, 2.24) is 10.2 Å². The van der Waals surface area contributed by atoms with E-state index in [2.05, 4.69) is 5.32 Å². The van der Waals surface area contributed by atoms with Gasteiger partial charge in [0.05, 0.1) is 25.9 Å². The third-order valence-electron chi connectivity index (χ3n) is 7.80. The molecule has 1 fully saturated rings. The molecule has 0 bridgehead atoms. The van der Waals surface area contributed by atoms with Gasteiger partial charge in [0, 0.05) is 34.6 Å². The zero-order valence-corrected chi connectivity index (χ0v) is 25.0. The summed E-state index contributed by atoms with van der Waals surface area (Å²) in [7, 11) is 1.33. The molecular formula is C31H36Cl2N2O5. The van der Waals surface area contributed by atoms with E-state index < -0.39 is 23.4 Å². The third kappa shape index (κ3) is 6.07. The lowest BCUT2D eigenvalue weighted by molar-refractivity contribution is -0.180. The van der Waals surface area contributed by atoms with E-state index in [0.717, 1.165) is 5.56 Å². The molecule has 2 aromatic rings. The van der Waals surface area contributed by atoms with Crippen LogP contribution in [0, 0.1) is 16.7 Å². The Morgan fingerprint density at radius 3 is 2.48 bits per heavy atom. The maximum Gasteiger partial charge on any atom is 0.320 e. The molecule has 4 rings (SSSR count). The number of ether oxygens (including phenoxy) is 2. The Balaban J connectivity index is 1.74. The molecular weight excluding hydrogens is 551 g/mol. The average Bonchev–Trinajstić information content (AvgIpc) is 2.91. The fourth-order valence-electron chi connectivity index (χ4n) is 5.52. The average molecular weight is 588 g/mol. The van der Waals surface area contributed by atoms with Crippen LogP contribution in [0.25, 0.3) is 0 Å². The Kier molecular flexibility index (Phi) is 8.98. The monoisotopic (exact) mass is 586 g/mol. The van der Waals surface area contributed by atoms with E-state index in [1.54, 1.807) is 23.1 Å². The maximum absolute atomic E-state index is 14.1. The van der Waals surface area contributed by atoms with E-state index in [9.17, 15) is 14.4 Å². The summed E-state index contributed by atoms with van der Waals surface area (Å²) in [5.41, 5.74) is 0.552. The number of amides is 2. The fraction of sp³-hybridized carbons (Fsp3) is 0.452. The number of halogens is 2. The van der Waals surface area contributed by atoms with Crippen LogP contribution in [-0.2, 0) is 36.9 Å². The van der Waals surface area contributed by atoms with Crippen LogP contribution < -0.4 is 5.32 Å². The number of piperidine rings is 1. The lowest BCUT2D eigenvalue weighted by atomic mass is 9.65. The molecule has 1 N–H and O–H groups in total. The van der Waals surface area contributed by atoms with Gasteiger partial charge in [-0.2, -0.15) is 0 Å². The summed E-state index contributed by atoms with van der Waals surface area (Å²) in [5, 5.41) is 3.78. The first-order valence-electron chi connectivity index (χ1n) is 13.4. The van der Waals surface area contributed by atoms with Crippen LogP contribution in [0.1, 0.15) is 51.7 Å². The molecule has 0 saturated carbocycles. The third-order valence-corrected chi connectivity index (χ3v) is 8.38. The molecule has 2 aliphatic heterocycles. The number of carbonyl (C=O) groups is 3. The van der Waals surface area contributed by atoms with Gasteiger partial charge in [-0.05, 0) is 48.1 Å². The Labute approximate surface area is 245 Å². The Morgan fingerprint density at radius 1 is 1.15 bits per heavy atom. The minimum Gasteiger partial charge on any atom is -0.468 e. The Bertz CT molecular complexity index is 1310. The van der Waals surface area contributed by atoms with Crippen LogP contribution in [0.5, 0.6) is 0 Å². The van der Waals surface area contributed by atoms with Gasteiger partial charge in [-0.15, -0.1) is 0 Å². The number of esters is 1. The van der Waals surface area contributed by atoms with Crippen molar-refractivity contribution in [2.24, 2.45) is 16.7 Å². The molecule has 0 unspecified atom stereocenters.